The SMILES string of the molecule is CN=C(NCc1oc2ccccc2c1C)N1CCC(C2(C)NC(=O)NC2=O)CC1. The molecule has 1 unspecified atom stereocenters. The van der Waals surface area contributed by atoms with Crippen molar-refractivity contribution in [2.45, 2.75) is 38.8 Å². The van der Waals surface area contributed by atoms with Gasteiger partial charge in [-0.25, -0.2) is 4.79 Å². The van der Waals surface area contributed by atoms with E-state index in [-0.39, 0.29) is 11.8 Å². The van der Waals surface area contributed by atoms with Gasteiger partial charge in [-0.3, -0.25) is 15.1 Å². The normalized spacial score (nSPS) is 23.4. The first kappa shape index (κ1) is 19.3. The third-order valence-electron chi connectivity index (χ3n) is 6.24. The van der Waals surface area contributed by atoms with E-state index < -0.39 is 11.6 Å². The van der Waals surface area contributed by atoms with Gasteiger partial charge in [0.1, 0.15) is 16.9 Å². The number of aryl methyl sites for hydroxylation is 1. The number of likely N-dealkylation sites (tertiary alicyclic amines) is 1. The predicted octanol–water partition coefficient (Wildman–Crippen LogP) is 2.13. The van der Waals surface area contributed by atoms with Crippen LogP contribution < -0.4 is 16.0 Å². The Morgan fingerprint density at radius 2 is 2.03 bits per heavy atom. The summed E-state index contributed by atoms with van der Waals surface area (Å²) in [6.45, 7) is 5.97. The largest absolute Gasteiger partial charge is 0.459 e. The number of carbonyl (C=O) groups excluding carboxylic acids is 2. The minimum Gasteiger partial charge on any atom is -0.459 e. The van der Waals surface area contributed by atoms with E-state index in [1.807, 2.05) is 25.1 Å². The fraction of sp³-hybridized carbons (Fsp3) is 0.476. The molecule has 0 aliphatic carbocycles. The third-order valence-corrected chi connectivity index (χ3v) is 6.24. The van der Waals surface area contributed by atoms with Crippen LogP contribution in [0.4, 0.5) is 4.79 Å². The van der Waals surface area contributed by atoms with E-state index in [1.54, 1.807) is 7.05 Å². The number of nitrogens with one attached hydrogen (secondary N) is 3. The second-order valence-corrected chi connectivity index (χ2v) is 7.92. The summed E-state index contributed by atoms with van der Waals surface area (Å²) in [4.78, 5) is 30.3. The molecular weight excluding hydrogens is 370 g/mol. The van der Waals surface area contributed by atoms with Crippen LogP contribution in [0, 0.1) is 12.8 Å². The van der Waals surface area contributed by atoms with Crippen LogP contribution in [0.5, 0.6) is 0 Å². The summed E-state index contributed by atoms with van der Waals surface area (Å²) in [7, 11) is 1.77. The van der Waals surface area contributed by atoms with E-state index in [0.717, 1.165) is 54.2 Å². The molecule has 4 rings (SSSR count). The van der Waals surface area contributed by atoms with Crippen molar-refractivity contribution in [3.8, 4) is 0 Å². The second-order valence-electron chi connectivity index (χ2n) is 7.92. The molecule has 1 aromatic heterocycles. The number of para-hydroxylation sites is 1. The molecule has 0 saturated carbocycles. The molecule has 3 heterocycles. The number of rotatable bonds is 3. The van der Waals surface area contributed by atoms with Crippen molar-refractivity contribution in [2.75, 3.05) is 20.1 Å². The molecule has 29 heavy (non-hydrogen) atoms. The van der Waals surface area contributed by atoms with Gasteiger partial charge < -0.3 is 20.0 Å². The summed E-state index contributed by atoms with van der Waals surface area (Å²) in [6.07, 6.45) is 1.60. The van der Waals surface area contributed by atoms with Crippen LogP contribution in [0.1, 0.15) is 31.1 Å². The average Bonchev–Trinajstić information content (AvgIpc) is 3.18. The van der Waals surface area contributed by atoms with Crippen LogP contribution in [0.2, 0.25) is 0 Å². The summed E-state index contributed by atoms with van der Waals surface area (Å²) >= 11 is 0. The minimum atomic E-state index is -0.828. The molecule has 1 atom stereocenters. The number of carbonyl (C=O) groups is 2. The zero-order valence-corrected chi connectivity index (χ0v) is 17.0. The summed E-state index contributed by atoms with van der Waals surface area (Å²) < 4.78 is 5.98. The highest BCUT2D eigenvalue weighted by molar-refractivity contribution is 6.07. The molecule has 2 saturated heterocycles. The maximum absolute atomic E-state index is 12.2. The number of guanidine groups is 1. The van der Waals surface area contributed by atoms with Gasteiger partial charge in [0, 0.05) is 31.1 Å². The lowest BCUT2D eigenvalue weighted by Crippen LogP contribution is -2.55. The zero-order chi connectivity index (χ0) is 20.6. The van der Waals surface area contributed by atoms with E-state index in [0.29, 0.717) is 6.54 Å². The third kappa shape index (κ3) is 3.43. The monoisotopic (exact) mass is 397 g/mol. The fourth-order valence-corrected chi connectivity index (χ4v) is 4.40. The molecule has 0 spiro atoms. The molecule has 8 heteroatoms. The van der Waals surface area contributed by atoms with Crippen molar-refractivity contribution >= 4 is 28.9 Å². The van der Waals surface area contributed by atoms with Gasteiger partial charge in [0.05, 0.1) is 6.54 Å². The van der Waals surface area contributed by atoms with E-state index in [9.17, 15) is 9.59 Å². The van der Waals surface area contributed by atoms with Gasteiger partial charge in [-0.1, -0.05) is 18.2 Å². The molecule has 2 fully saturated rings. The van der Waals surface area contributed by atoms with Gasteiger partial charge in [-0.2, -0.15) is 0 Å². The molecular formula is C21H27N5O3. The van der Waals surface area contributed by atoms with Gasteiger partial charge in [0.2, 0.25) is 0 Å². The predicted molar refractivity (Wildman–Crippen MR) is 111 cm³/mol. The number of amides is 3. The first-order valence-electron chi connectivity index (χ1n) is 9.98. The lowest BCUT2D eigenvalue weighted by molar-refractivity contribution is -0.125. The smallest absolute Gasteiger partial charge is 0.322 e. The van der Waals surface area contributed by atoms with Crippen molar-refractivity contribution in [1.29, 1.82) is 0 Å². The van der Waals surface area contributed by atoms with Gasteiger partial charge in [0.25, 0.3) is 5.91 Å². The number of hydrogen-bond acceptors (Lipinski definition) is 4. The minimum absolute atomic E-state index is 0.0981. The van der Waals surface area contributed by atoms with E-state index in [2.05, 4.69) is 38.8 Å². The Hall–Kier alpha value is -3.03. The standard InChI is InChI=1S/C21H27N5O3/c1-13-15-6-4-5-7-16(15)29-17(13)12-23-19(22-3)26-10-8-14(9-11-26)21(2)18(27)24-20(28)25-21/h4-7,14H,8-12H2,1-3H3,(H,22,23)(H2,24,25,27,28). The van der Waals surface area contributed by atoms with E-state index >= 15 is 0 Å². The number of piperidine rings is 1. The Balaban J connectivity index is 1.38. The molecule has 2 aliphatic rings. The van der Waals surface area contributed by atoms with Gasteiger partial charge in [0.15, 0.2) is 5.96 Å². The first-order valence-corrected chi connectivity index (χ1v) is 9.98. The van der Waals surface area contributed by atoms with Crippen molar-refractivity contribution in [2.24, 2.45) is 10.9 Å². The number of furan rings is 1. The van der Waals surface area contributed by atoms with Gasteiger partial charge in [-0.15, -0.1) is 0 Å². The Morgan fingerprint density at radius 1 is 1.31 bits per heavy atom. The summed E-state index contributed by atoms with van der Waals surface area (Å²) in [5.41, 5.74) is 1.20. The van der Waals surface area contributed by atoms with Crippen molar-refractivity contribution in [1.82, 2.24) is 20.9 Å². The number of imide groups is 1. The van der Waals surface area contributed by atoms with Gasteiger partial charge >= 0.3 is 6.03 Å². The number of hydrogen-bond donors (Lipinski definition) is 3. The highest BCUT2D eigenvalue weighted by Gasteiger charge is 2.48. The summed E-state index contributed by atoms with van der Waals surface area (Å²) in [5, 5.41) is 9.68. The number of nitrogens with zero attached hydrogens (tertiary/aromatic N) is 2. The average molecular weight is 397 g/mol. The quantitative estimate of drug-likeness (QED) is 0.419. The van der Waals surface area contributed by atoms with Crippen molar-refractivity contribution < 1.29 is 14.0 Å². The highest BCUT2D eigenvalue weighted by atomic mass is 16.3. The molecule has 0 radical (unpaired) electrons. The Kier molecular flexibility index (Phi) is 4.94. The van der Waals surface area contributed by atoms with Crippen molar-refractivity contribution in [3.63, 3.8) is 0 Å². The Bertz CT molecular complexity index is 974. The zero-order valence-electron chi connectivity index (χ0n) is 17.0. The topological polar surface area (TPSA) is 99.0 Å². The molecule has 1 aromatic carbocycles. The number of benzene rings is 1. The lowest BCUT2D eigenvalue weighted by Gasteiger charge is -2.39. The number of aliphatic imine (C=N–C) groups is 1. The molecule has 3 N–H and O–H groups in total. The molecule has 2 aliphatic heterocycles. The van der Waals surface area contributed by atoms with Crippen LogP contribution in [0.3, 0.4) is 0 Å². The first-order chi connectivity index (χ1) is 13.9. The second kappa shape index (κ2) is 7.42. The molecule has 154 valence electrons. The van der Waals surface area contributed by atoms with Crippen LogP contribution >= 0.6 is 0 Å². The van der Waals surface area contributed by atoms with Crippen LogP contribution in [-0.4, -0.2) is 48.5 Å². The Labute approximate surface area is 169 Å². The van der Waals surface area contributed by atoms with E-state index in [4.69, 9.17) is 4.42 Å². The molecule has 8 nitrogen and oxygen atoms in total. The fourth-order valence-electron chi connectivity index (χ4n) is 4.40. The van der Waals surface area contributed by atoms with Crippen LogP contribution in [0.15, 0.2) is 33.7 Å². The molecule has 3 amide bonds. The van der Waals surface area contributed by atoms with Gasteiger partial charge in [-0.05, 0) is 38.7 Å². The van der Waals surface area contributed by atoms with Crippen LogP contribution in [-0.2, 0) is 11.3 Å². The lowest BCUT2D eigenvalue weighted by atomic mass is 9.79. The van der Waals surface area contributed by atoms with Crippen molar-refractivity contribution in [3.05, 3.63) is 35.6 Å². The maximum Gasteiger partial charge on any atom is 0.322 e. The Morgan fingerprint density at radius 3 is 2.66 bits per heavy atom. The van der Waals surface area contributed by atoms with E-state index in [1.165, 1.54) is 0 Å². The molecule has 2 aromatic rings. The van der Waals surface area contributed by atoms with Crippen LogP contribution in [0.25, 0.3) is 11.0 Å². The number of urea groups is 1. The summed E-state index contributed by atoms with van der Waals surface area (Å²) in [5.74, 6) is 1.58. The highest BCUT2D eigenvalue weighted by Crippen LogP contribution is 2.31. The summed E-state index contributed by atoms with van der Waals surface area (Å²) in [6, 6.07) is 7.62. The number of fused-ring (bicyclic) bond motifs is 1. The molecule has 0 bridgehead atoms. The maximum atomic E-state index is 12.2.